The van der Waals surface area contributed by atoms with Gasteiger partial charge in [0.25, 0.3) is 0 Å². The van der Waals surface area contributed by atoms with Gasteiger partial charge in [0.15, 0.2) is 5.65 Å². The van der Waals surface area contributed by atoms with Crippen LogP contribution in [-0.4, -0.2) is 14.5 Å². The zero-order chi connectivity index (χ0) is 32.1. The van der Waals surface area contributed by atoms with Gasteiger partial charge in [0.1, 0.15) is 0 Å². The molecular weight excluding hydrogens is 599 g/mol. The smallest absolute Gasteiger partial charge is 0.236 e. The fraction of sp³-hybridized carbons (Fsp3) is 0. The molecule has 0 N–H and O–H groups in total. The van der Waals surface area contributed by atoms with Crippen molar-refractivity contribution >= 4 is 67.1 Å². The lowest BCUT2D eigenvalue weighted by molar-refractivity contribution is 1.05. The molecule has 2 aliphatic heterocycles. The van der Waals surface area contributed by atoms with Crippen LogP contribution in [-0.2, 0) is 0 Å². The van der Waals surface area contributed by atoms with Gasteiger partial charge >= 0.3 is 0 Å². The maximum atomic E-state index is 5.42. The minimum absolute atomic E-state index is 0.629. The number of benzene rings is 7. The number of hydrogen-bond donors (Lipinski definition) is 0. The van der Waals surface area contributed by atoms with Crippen LogP contribution in [0.2, 0.25) is 0 Å². The molecule has 7 aromatic carbocycles. The van der Waals surface area contributed by atoms with Crippen LogP contribution in [0.15, 0.2) is 164 Å². The molecule has 0 saturated carbocycles. The molecular formula is C44H27N5. The molecule has 0 saturated heterocycles. The first-order valence-electron chi connectivity index (χ1n) is 16.6. The van der Waals surface area contributed by atoms with Crippen molar-refractivity contribution in [3.05, 3.63) is 164 Å². The van der Waals surface area contributed by atoms with Crippen LogP contribution < -0.4 is 9.80 Å². The second kappa shape index (κ2) is 9.89. The summed E-state index contributed by atoms with van der Waals surface area (Å²) in [5.41, 5.74) is 13.3. The molecule has 0 bridgehead atoms. The molecule has 0 unspecified atom stereocenters. The number of aromatic nitrogens is 3. The third-order valence-electron chi connectivity index (χ3n) is 10.1. The number of para-hydroxylation sites is 6. The molecule has 9 aromatic rings. The summed E-state index contributed by atoms with van der Waals surface area (Å²) >= 11 is 0. The summed E-state index contributed by atoms with van der Waals surface area (Å²) < 4.78 is 2.25. The Morgan fingerprint density at radius 2 is 1.10 bits per heavy atom. The number of anilines is 6. The standard InChI is InChI=1S/C44H27N5/c1-2-14-29(15-3-1)47-36-20-8-6-17-31(36)35-27-45-44(46-43(35)47)49-39-23-11-10-22-38(39)48-37-21-9-7-18-34(37)41-30-16-5-4-13-28(30)25-26-32(41)33-19-12-24-40(49)42(33)48/h1-27H. The Morgan fingerprint density at radius 3 is 1.98 bits per heavy atom. The second-order valence-corrected chi connectivity index (χ2v) is 12.7. The number of fused-ring (bicyclic) bond motifs is 12. The van der Waals surface area contributed by atoms with Crippen LogP contribution in [0.5, 0.6) is 0 Å². The van der Waals surface area contributed by atoms with Gasteiger partial charge in [0.2, 0.25) is 5.95 Å². The van der Waals surface area contributed by atoms with Crippen LogP contribution in [0.1, 0.15) is 0 Å². The highest BCUT2D eigenvalue weighted by molar-refractivity contribution is 6.16. The van der Waals surface area contributed by atoms with Gasteiger partial charge in [-0.1, -0.05) is 115 Å². The van der Waals surface area contributed by atoms with E-state index < -0.39 is 0 Å². The van der Waals surface area contributed by atoms with E-state index in [0.29, 0.717) is 5.95 Å². The first-order chi connectivity index (χ1) is 24.3. The Balaban J connectivity index is 1.23. The fourth-order valence-electron chi connectivity index (χ4n) is 8.07. The van der Waals surface area contributed by atoms with E-state index in [0.717, 1.165) is 56.1 Å². The Kier molecular flexibility index (Phi) is 5.32. The molecule has 0 atom stereocenters. The highest BCUT2D eigenvalue weighted by Gasteiger charge is 2.37. The largest absolute Gasteiger partial charge is 0.305 e. The normalized spacial score (nSPS) is 12.8. The minimum Gasteiger partial charge on any atom is -0.305 e. The van der Waals surface area contributed by atoms with Crippen molar-refractivity contribution in [2.24, 2.45) is 0 Å². The molecule has 4 heterocycles. The number of rotatable bonds is 2. The van der Waals surface area contributed by atoms with E-state index in [1.54, 1.807) is 0 Å². The topological polar surface area (TPSA) is 37.2 Å². The molecule has 0 spiro atoms. The Bertz CT molecular complexity index is 2800. The van der Waals surface area contributed by atoms with Crippen LogP contribution in [0.25, 0.3) is 60.6 Å². The van der Waals surface area contributed by atoms with Crippen molar-refractivity contribution in [1.82, 2.24) is 14.5 Å². The quantitative estimate of drug-likeness (QED) is 0.192. The molecule has 49 heavy (non-hydrogen) atoms. The van der Waals surface area contributed by atoms with Gasteiger partial charge in [0.05, 0.1) is 34.0 Å². The molecule has 0 amide bonds. The minimum atomic E-state index is 0.629. The van der Waals surface area contributed by atoms with E-state index in [-0.39, 0.29) is 0 Å². The third-order valence-corrected chi connectivity index (χ3v) is 10.1. The molecule has 2 aromatic heterocycles. The lowest BCUT2D eigenvalue weighted by atomic mass is 9.89. The van der Waals surface area contributed by atoms with E-state index in [1.165, 1.54) is 33.0 Å². The number of nitrogens with zero attached hydrogens (tertiary/aromatic N) is 5. The fourth-order valence-corrected chi connectivity index (χ4v) is 8.07. The highest BCUT2D eigenvalue weighted by Crippen LogP contribution is 2.61. The molecule has 228 valence electrons. The molecule has 0 aliphatic carbocycles. The lowest BCUT2D eigenvalue weighted by Gasteiger charge is -2.40. The van der Waals surface area contributed by atoms with Crippen LogP contribution in [0.3, 0.4) is 0 Å². The second-order valence-electron chi connectivity index (χ2n) is 12.7. The van der Waals surface area contributed by atoms with Gasteiger partial charge in [0, 0.05) is 33.8 Å². The predicted octanol–water partition coefficient (Wildman–Crippen LogP) is 11.6. The molecule has 5 nitrogen and oxygen atoms in total. The summed E-state index contributed by atoms with van der Waals surface area (Å²) in [6.07, 6.45) is 1.99. The van der Waals surface area contributed by atoms with Gasteiger partial charge in [-0.15, -0.1) is 0 Å². The molecule has 5 heteroatoms. The van der Waals surface area contributed by atoms with Gasteiger partial charge in [-0.25, -0.2) is 4.98 Å². The summed E-state index contributed by atoms with van der Waals surface area (Å²) in [4.78, 5) is 15.2. The van der Waals surface area contributed by atoms with E-state index in [1.807, 2.05) is 6.20 Å². The van der Waals surface area contributed by atoms with Crippen molar-refractivity contribution in [2.75, 3.05) is 9.80 Å². The van der Waals surface area contributed by atoms with Crippen molar-refractivity contribution < 1.29 is 0 Å². The third kappa shape index (κ3) is 3.59. The summed E-state index contributed by atoms with van der Waals surface area (Å²) in [6, 6.07) is 56.3. The van der Waals surface area contributed by atoms with Gasteiger partial charge in [-0.05, 0) is 64.4 Å². The van der Waals surface area contributed by atoms with E-state index >= 15 is 0 Å². The molecule has 2 aliphatic rings. The Morgan fingerprint density at radius 1 is 0.429 bits per heavy atom. The molecule has 11 rings (SSSR count). The van der Waals surface area contributed by atoms with Crippen molar-refractivity contribution in [1.29, 1.82) is 0 Å². The molecule has 0 fully saturated rings. The van der Waals surface area contributed by atoms with Gasteiger partial charge in [-0.2, -0.15) is 4.98 Å². The SMILES string of the molecule is c1ccc(-n2c3ccccc3c3cnc(N4c5ccccc5N5c6ccccc6-c6c(ccc7ccccc67)-c6cccc4c65)nc32)cc1. The summed E-state index contributed by atoms with van der Waals surface area (Å²) in [7, 11) is 0. The van der Waals surface area contributed by atoms with Crippen molar-refractivity contribution in [3.63, 3.8) is 0 Å². The Labute approximate surface area is 282 Å². The zero-order valence-corrected chi connectivity index (χ0v) is 26.3. The Hall–Kier alpha value is -6.72. The molecule has 0 radical (unpaired) electrons. The zero-order valence-electron chi connectivity index (χ0n) is 26.3. The van der Waals surface area contributed by atoms with Gasteiger partial charge in [-0.3, -0.25) is 9.47 Å². The predicted molar refractivity (Wildman–Crippen MR) is 201 cm³/mol. The summed E-state index contributed by atoms with van der Waals surface area (Å²) in [5, 5.41) is 4.64. The monoisotopic (exact) mass is 625 g/mol. The van der Waals surface area contributed by atoms with E-state index in [4.69, 9.17) is 9.97 Å². The first kappa shape index (κ1) is 26.4. The maximum Gasteiger partial charge on any atom is 0.236 e. The maximum absolute atomic E-state index is 5.42. The van der Waals surface area contributed by atoms with Gasteiger partial charge < -0.3 is 4.90 Å². The average molecular weight is 626 g/mol. The first-order valence-corrected chi connectivity index (χ1v) is 16.6. The van der Waals surface area contributed by atoms with Crippen molar-refractivity contribution in [3.8, 4) is 27.9 Å². The number of hydrogen-bond acceptors (Lipinski definition) is 4. The van der Waals surface area contributed by atoms with E-state index in [9.17, 15) is 0 Å². The van der Waals surface area contributed by atoms with Crippen molar-refractivity contribution in [2.45, 2.75) is 0 Å². The average Bonchev–Trinajstić information content (AvgIpc) is 3.43. The lowest BCUT2D eigenvalue weighted by Crippen LogP contribution is -2.25. The van der Waals surface area contributed by atoms with E-state index in [2.05, 4.69) is 172 Å². The summed E-state index contributed by atoms with van der Waals surface area (Å²) in [6.45, 7) is 0. The summed E-state index contributed by atoms with van der Waals surface area (Å²) in [5.74, 6) is 0.629. The highest BCUT2D eigenvalue weighted by atomic mass is 15.3. The van der Waals surface area contributed by atoms with Crippen LogP contribution in [0.4, 0.5) is 34.4 Å². The van der Waals surface area contributed by atoms with Crippen LogP contribution >= 0.6 is 0 Å². The van der Waals surface area contributed by atoms with Crippen LogP contribution in [0, 0.1) is 0 Å².